The molecule has 2 amide bonds. The van der Waals surface area contributed by atoms with Gasteiger partial charge in [0.05, 0.1) is 13.0 Å². The molecule has 0 saturated carbocycles. The Kier molecular flexibility index (Phi) is 7.91. The number of hydrogen-bond acceptors (Lipinski definition) is 5. The van der Waals surface area contributed by atoms with Crippen LogP contribution in [0, 0.1) is 0 Å². The van der Waals surface area contributed by atoms with Gasteiger partial charge in [-0.05, 0) is 52.8 Å². The van der Waals surface area contributed by atoms with Crippen LogP contribution in [-0.2, 0) is 16.0 Å². The summed E-state index contributed by atoms with van der Waals surface area (Å²) >= 11 is 5.09. The summed E-state index contributed by atoms with van der Waals surface area (Å²) in [5.74, 6) is -0.0373. The first-order chi connectivity index (χ1) is 15.1. The van der Waals surface area contributed by atoms with Gasteiger partial charge in [0, 0.05) is 12.7 Å². The molecule has 0 aromatic heterocycles. The van der Waals surface area contributed by atoms with E-state index in [4.69, 9.17) is 21.7 Å². The highest BCUT2D eigenvalue weighted by Crippen LogP contribution is 2.18. The molecule has 0 saturated heterocycles. The van der Waals surface area contributed by atoms with E-state index in [-0.39, 0.29) is 17.4 Å². The first-order valence-corrected chi connectivity index (χ1v) is 10.1. The first kappa shape index (κ1) is 22.2. The van der Waals surface area contributed by atoms with Crippen molar-refractivity contribution in [3.05, 3.63) is 77.9 Å². The number of hydrazine groups is 1. The van der Waals surface area contributed by atoms with Gasteiger partial charge in [0.25, 0.3) is 5.91 Å². The third-order valence-corrected chi connectivity index (χ3v) is 4.65. The van der Waals surface area contributed by atoms with Gasteiger partial charge in [-0.15, -0.1) is 0 Å². The topological polar surface area (TPSA) is 88.7 Å². The maximum Gasteiger partial charge on any atom is 0.257 e. The minimum absolute atomic E-state index is 0.00306. The smallest absolute Gasteiger partial charge is 0.257 e. The fourth-order valence-electron chi connectivity index (χ4n) is 2.94. The molecular weight excluding hydrogens is 414 g/mol. The Bertz CT molecular complexity index is 1060. The van der Waals surface area contributed by atoms with Gasteiger partial charge in [0.1, 0.15) is 12.4 Å². The van der Waals surface area contributed by atoms with Gasteiger partial charge in [-0.3, -0.25) is 25.8 Å². The number of nitrogens with one attached hydrogen (secondary N) is 3. The molecule has 0 heterocycles. The molecule has 0 bridgehead atoms. The summed E-state index contributed by atoms with van der Waals surface area (Å²) in [6, 6.07) is 20.3. The van der Waals surface area contributed by atoms with E-state index in [1.807, 2.05) is 42.5 Å². The van der Waals surface area contributed by atoms with E-state index in [1.165, 1.54) is 0 Å². The zero-order valence-corrected chi connectivity index (χ0v) is 17.8. The van der Waals surface area contributed by atoms with E-state index in [0.717, 1.165) is 16.3 Å². The van der Waals surface area contributed by atoms with Gasteiger partial charge >= 0.3 is 0 Å². The number of fused-ring (bicyclic) bond motifs is 1. The predicted octanol–water partition coefficient (Wildman–Crippen LogP) is 2.74. The van der Waals surface area contributed by atoms with E-state index in [9.17, 15) is 9.59 Å². The molecule has 8 heteroatoms. The monoisotopic (exact) mass is 437 g/mol. The molecule has 0 atom stereocenters. The molecule has 0 aliphatic carbocycles. The molecule has 0 aliphatic heterocycles. The third kappa shape index (κ3) is 6.50. The van der Waals surface area contributed by atoms with E-state index >= 15 is 0 Å². The molecule has 3 aromatic rings. The van der Waals surface area contributed by atoms with Crippen LogP contribution in [0.3, 0.4) is 0 Å². The quantitative estimate of drug-likeness (QED) is 0.299. The molecule has 160 valence electrons. The van der Waals surface area contributed by atoms with Crippen LogP contribution in [0.5, 0.6) is 5.75 Å². The van der Waals surface area contributed by atoms with Gasteiger partial charge in [0.15, 0.2) is 5.11 Å². The molecule has 0 unspecified atom stereocenters. The Hall–Kier alpha value is -3.49. The summed E-state index contributed by atoms with van der Waals surface area (Å²) in [5, 5.41) is 4.61. The normalized spacial score (nSPS) is 10.4. The molecule has 3 aromatic carbocycles. The van der Waals surface area contributed by atoms with Crippen molar-refractivity contribution < 1.29 is 19.1 Å². The summed E-state index contributed by atoms with van der Waals surface area (Å²) < 4.78 is 10.4. The second kappa shape index (κ2) is 11.1. The first-order valence-electron chi connectivity index (χ1n) is 9.65. The zero-order valence-electron chi connectivity index (χ0n) is 17.0. The lowest BCUT2D eigenvalue weighted by molar-refractivity contribution is -0.121. The van der Waals surface area contributed by atoms with Gasteiger partial charge in [-0.1, -0.05) is 42.5 Å². The number of ether oxygens (including phenoxy) is 2. The molecule has 7 nitrogen and oxygen atoms in total. The minimum Gasteiger partial charge on any atom is -0.491 e. The predicted molar refractivity (Wildman–Crippen MR) is 123 cm³/mol. The van der Waals surface area contributed by atoms with Crippen molar-refractivity contribution in [1.29, 1.82) is 0 Å². The zero-order chi connectivity index (χ0) is 22.1. The lowest BCUT2D eigenvalue weighted by Gasteiger charge is -2.12. The van der Waals surface area contributed by atoms with Crippen molar-refractivity contribution >= 4 is 39.9 Å². The van der Waals surface area contributed by atoms with Crippen molar-refractivity contribution in [1.82, 2.24) is 16.2 Å². The summed E-state index contributed by atoms with van der Waals surface area (Å²) in [4.78, 5) is 24.6. The van der Waals surface area contributed by atoms with Crippen LogP contribution in [-0.4, -0.2) is 37.3 Å². The fourth-order valence-corrected chi connectivity index (χ4v) is 3.09. The van der Waals surface area contributed by atoms with Crippen LogP contribution >= 0.6 is 12.2 Å². The van der Waals surface area contributed by atoms with E-state index < -0.39 is 5.91 Å². The van der Waals surface area contributed by atoms with Gasteiger partial charge in [-0.25, -0.2) is 0 Å². The van der Waals surface area contributed by atoms with Crippen LogP contribution in [0.4, 0.5) is 0 Å². The largest absolute Gasteiger partial charge is 0.491 e. The highest BCUT2D eigenvalue weighted by Gasteiger charge is 2.10. The number of amides is 2. The average molecular weight is 438 g/mol. The molecule has 0 fully saturated rings. The molecule has 0 aliphatic rings. The van der Waals surface area contributed by atoms with E-state index in [2.05, 4.69) is 16.2 Å². The second-order valence-electron chi connectivity index (χ2n) is 6.64. The van der Waals surface area contributed by atoms with Gasteiger partial charge in [-0.2, -0.15) is 0 Å². The number of carbonyl (C=O) groups is 2. The number of hydrogen-bond donors (Lipinski definition) is 3. The summed E-state index contributed by atoms with van der Waals surface area (Å²) in [6.45, 7) is 0.906. The van der Waals surface area contributed by atoms with Crippen LogP contribution in [0.2, 0.25) is 0 Å². The molecule has 0 spiro atoms. The number of methoxy groups -OCH3 is 1. The Balaban J connectivity index is 1.47. The number of rotatable bonds is 7. The van der Waals surface area contributed by atoms with Crippen molar-refractivity contribution in [2.24, 2.45) is 0 Å². The SMILES string of the molecule is COCCOc1ccc(C(=O)NC(=S)NNC(=O)Cc2cccc3ccccc23)cc1. The van der Waals surface area contributed by atoms with Crippen molar-refractivity contribution in [3.63, 3.8) is 0 Å². The third-order valence-electron chi connectivity index (χ3n) is 4.45. The Labute approximate surface area is 185 Å². The summed E-state index contributed by atoms with van der Waals surface area (Å²) in [5.41, 5.74) is 6.38. The molecule has 31 heavy (non-hydrogen) atoms. The Morgan fingerprint density at radius 3 is 2.42 bits per heavy atom. The summed E-state index contributed by atoms with van der Waals surface area (Å²) in [7, 11) is 1.60. The summed E-state index contributed by atoms with van der Waals surface area (Å²) in [6.07, 6.45) is 0.176. The molecule has 0 radical (unpaired) electrons. The second-order valence-corrected chi connectivity index (χ2v) is 7.05. The fraction of sp³-hybridized carbons (Fsp3) is 0.174. The van der Waals surface area contributed by atoms with Crippen LogP contribution in [0.25, 0.3) is 10.8 Å². The maximum absolute atomic E-state index is 12.3. The van der Waals surface area contributed by atoms with Gasteiger partial charge in [0.2, 0.25) is 5.91 Å². The highest BCUT2D eigenvalue weighted by molar-refractivity contribution is 7.80. The van der Waals surface area contributed by atoms with Gasteiger partial charge < -0.3 is 9.47 Å². The van der Waals surface area contributed by atoms with Crippen molar-refractivity contribution in [3.8, 4) is 5.75 Å². The van der Waals surface area contributed by atoms with E-state index in [1.54, 1.807) is 31.4 Å². The Morgan fingerprint density at radius 2 is 1.65 bits per heavy atom. The van der Waals surface area contributed by atoms with Crippen LogP contribution < -0.4 is 20.9 Å². The number of benzene rings is 3. The highest BCUT2D eigenvalue weighted by atomic mass is 32.1. The maximum atomic E-state index is 12.3. The standard InChI is InChI=1S/C23H23N3O4S/c1-29-13-14-30-19-11-9-17(10-12-19)22(28)24-23(31)26-25-21(27)15-18-7-4-6-16-5-2-3-8-20(16)18/h2-12H,13-15H2,1H3,(H,25,27)(H2,24,26,28,31). The van der Waals surface area contributed by atoms with Crippen molar-refractivity contribution in [2.45, 2.75) is 6.42 Å². The lowest BCUT2D eigenvalue weighted by atomic mass is 10.0. The molecular formula is C23H23N3O4S. The number of thiocarbonyl (C=S) groups is 1. The van der Waals surface area contributed by atoms with Crippen LogP contribution in [0.15, 0.2) is 66.7 Å². The van der Waals surface area contributed by atoms with E-state index in [0.29, 0.717) is 24.5 Å². The Morgan fingerprint density at radius 1 is 0.903 bits per heavy atom. The lowest BCUT2D eigenvalue weighted by Crippen LogP contribution is -2.48. The minimum atomic E-state index is -0.399. The van der Waals surface area contributed by atoms with Crippen LogP contribution in [0.1, 0.15) is 15.9 Å². The molecule has 3 rings (SSSR count). The van der Waals surface area contributed by atoms with Crippen molar-refractivity contribution in [2.75, 3.05) is 20.3 Å². The number of carbonyl (C=O) groups excluding carboxylic acids is 2. The molecule has 3 N–H and O–H groups in total. The average Bonchev–Trinajstić information content (AvgIpc) is 2.78.